The molecule has 0 atom stereocenters. The molecule has 102 valence electrons. The lowest BCUT2D eigenvalue weighted by molar-refractivity contribution is 0.413. The van der Waals surface area contributed by atoms with Crippen molar-refractivity contribution in [1.29, 1.82) is 5.26 Å². The summed E-state index contributed by atoms with van der Waals surface area (Å²) in [5.41, 5.74) is 1.35. The minimum Gasteiger partial charge on any atom is -0.495 e. The van der Waals surface area contributed by atoms with Crippen LogP contribution in [-0.4, -0.2) is 7.11 Å². The number of hydrogen-bond donors (Lipinski definition) is 0. The summed E-state index contributed by atoms with van der Waals surface area (Å²) >= 11 is 1.26. The van der Waals surface area contributed by atoms with Gasteiger partial charge in [0.2, 0.25) is 0 Å². The number of ether oxygens (including phenoxy) is 1. The second-order valence-corrected chi connectivity index (χ2v) is 5.03. The minimum absolute atomic E-state index is 0.384. The van der Waals surface area contributed by atoms with E-state index in [9.17, 15) is 8.78 Å². The zero-order valence-electron chi connectivity index (χ0n) is 10.7. The predicted molar refractivity (Wildman–Crippen MR) is 73.6 cm³/mol. The van der Waals surface area contributed by atoms with Crippen LogP contribution >= 0.6 is 11.8 Å². The number of rotatable bonds is 4. The molecule has 0 unspecified atom stereocenters. The Morgan fingerprint density at radius 3 is 2.65 bits per heavy atom. The predicted octanol–water partition coefficient (Wildman–Crippen LogP) is 4.14. The number of nitriles is 1. The van der Waals surface area contributed by atoms with Crippen molar-refractivity contribution in [1.82, 2.24) is 0 Å². The highest BCUT2D eigenvalue weighted by molar-refractivity contribution is 7.98. The van der Waals surface area contributed by atoms with Crippen LogP contribution in [0.1, 0.15) is 11.1 Å². The molecule has 0 N–H and O–H groups in total. The van der Waals surface area contributed by atoms with Gasteiger partial charge >= 0.3 is 0 Å². The third-order valence-corrected chi connectivity index (χ3v) is 3.79. The van der Waals surface area contributed by atoms with Crippen LogP contribution in [0.15, 0.2) is 41.3 Å². The van der Waals surface area contributed by atoms with Gasteiger partial charge in [-0.05, 0) is 29.8 Å². The van der Waals surface area contributed by atoms with Gasteiger partial charge in [0.15, 0.2) is 0 Å². The summed E-state index contributed by atoms with van der Waals surface area (Å²) < 4.78 is 31.4. The minimum atomic E-state index is -0.591. The van der Waals surface area contributed by atoms with Gasteiger partial charge in [-0.3, -0.25) is 0 Å². The second kappa shape index (κ2) is 6.40. The van der Waals surface area contributed by atoms with Crippen molar-refractivity contribution in [2.45, 2.75) is 10.6 Å². The van der Waals surface area contributed by atoms with E-state index in [0.717, 1.165) is 11.6 Å². The lowest BCUT2D eigenvalue weighted by atomic mass is 10.1. The standard InChI is InChI=1S/C15H11F2NOS/c1-19-14-6-10(2-3-11(14)8-18)9-20-15-5-4-12(16)7-13(15)17/h2-7H,9H2,1H3. The average molecular weight is 291 g/mol. The van der Waals surface area contributed by atoms with Crippen LogP contribution in [0.4, 0.5) is 8.78 Å². The van der Waals surface area contributed by atoms with Gasteiger partial charge in [0, 0.05) is 16.7 Å². The molecule has 0 fully saturated rings. The summed E-state index contributed by atoms with van der Waals surface area (Å²) in [5.74, 6) is -0.169. The van der Waals surface area contributed by atoms with Crippen LogP contribution in [0.5, 0.6) is 5.75 Å². The van der Waals surface area contributed by atoms with Gasteiger partial charge in [0.05, 0.1) is 12.7 Å². The number of benzene rings is 2. The smallest absolute Gasteiger partial charge is 0.139 e. The molecule has 0 aliphatic heterocycles. The van der Waals surface area contributed by atoms with Crippen molar-refractivity contribution >= 4 is 11.8 Å². The molecular weight excluding hydrogens is 280 g/mol. The van der Waals surface area contributed by atoms with Gasteiger partial charge in [0.1, 0.15) is 23.5 Å². The van der Waals surface area contributed by atoms with Crippen LogP contribution in [-0.2, 0) is 5.75 Å². The Morgan fingerprint density at radius 1 is 1.20 bits per heavy atom. The molecule has 2 nitrogen and oxygen atoms in total. The lowest BCUT2D eigenvalue weighted by Gasteiger charge is -2.07. The molecule has 0 heterocycles. The summed E-state index contributed by atoms with van der Waals surface area (Å²) in [5, 5.41) is 8.89. The van der Waals surface area contributed by atoms with Crippen LogP contribution in [0, 0.1) is 23.0 Å². The van der Waals surface area contributed by atoms with E-state index in [-0.39, 0.29) is 0 Å². The highest BCUT2D eigenvalue weighted by Gasteiger charge is 2.07. The van der Waals surface area contributed by atoms with E-state index in [2.05, 4.69) is 0 Å². The van der Waals surface area contributed by atoms with Crippen LogP contribution in [0.3, 0.4) is 0 Å². The van der Waals surface area contributed by atoms with E-state index < -0.39 is 11.6 Å². The number of nitrogens with zero attached hydrogens (tertiary/aromatic N) is 1. The number of hydrogen-bond acceptors (Lipinski definition) is 3. The highest BCUT2D eigenvalue weighted by Crippen LogP contribution is 2.28. The molecule has 0 aliphatic carbocycles. The van der Waals surface area contributed by atoms with Gasteiger partial charge < -0.3 is 4.74 Å². The van der Waals surface area contributed by atoms with Gasteiger partial charge in [-0.25, -0.2) is 8.78 Å². The average Bonchev–Trinajstić information content (AvgIpc) is 2.46. The first-order valence-corrected chi connectivity index (χ1v) is 6.77. The quantitative estimate of drug-likeness (QED) is 0.794. The monoisotopic (exact) mass is 291 g/mol. The SMILES string of the molecule is COc1cc(CSc2ccc(F)cc2F)ccc1C#N. The second-order valence-electron chi connectivity index (χ2n) is 4.01. The molecule has 0 amide bonds. The Bertz CT molecular complexity index is 667. The van der Waals surface area contributed by atoms with Crippen molar-refractivity contribution in [2.24, 2.45) is 0 Å². The molecule has 2 aromatic rings. The summed E-state index contributed by atoms with van der Waals surface area (Å²) in [7, 11) is 1.49. The van der Waals surface area contributed by atoms with E-state index in [1.807, 2.05) is 6.07 Å². The Kier molecular flexibility index (Phi) is 4.59. The normalized spacial score (nSPS) is 10.1. The summed E-state index contributed by atoms with van der Waals surface area (Å²) in [6, 6.07) is 10.7. The Morgan fingerprint density at radius 2 is 2.00 bits per heavy atom. The van der Waals surface area contributed by atoms with Crippen LogP contribution in [0.2, 0.25) is 0 Å². The van der Waals surface area contributed by atoms with Crippen LogP contribution in [0.25, 0.3) is 0 Å². The summed E-state index contributed by atoms with van der Waals surface area (Å²) in [6.07, 6.45) is 0. The Labute approximate surface area is 120 Å². The molecule has 0 saturated carbocycles. The zero-order valence-corrected chi connectivity index (χ0v) is 11.5. The fraction of sp³-hybridized carbons (Fsp3) is 0.133. The molecule has 0 aromatic heterocycles. The Balaban J connectivity index is 2.13. The molecule has 0 radical (unpaired) electrons. The van der Waals surface area contributed by atoms with Gasteiger partial charge in [0.25, 0.3) is 0 Å². The maximum Gasteiger partial charge on any atom is 0.139 e. The number of halogens is 2. The van der Waals surface area contributed by atoms with E-state index in [4.69, 9.17) is 10.00 Å². The Hall–Kier alpha value is -2.06. The summed E-state index contributed by atoms with van der Waals surface area (Å²) in [4.78, 5) is 0.384. The maximum atomic E-state index is 13.5. The fourth-order valence-electron chi connectivity index (χ4n) is 1.67. The molecule has 0 aliphatic rings. The first kappa shape index (κ1) is 14.4. The summed E-state index contributed by atoms with van der Waals surface area (Å²) in [6.45, 7) is 0. The molecule has 2 aromatic carbocycles. The van der Waals surface area contributed by atoms with Crippen molar-refractivity contribution in [3.8, 4) is 11.8 Å². The van der Waals surface area contributed by atoms with Crippen molar-refractivity contribution in [3.63, 3.8) is 0 Å². The third-order valence-electron chi connectivity index (χ3n) is 2.67. The molecule has 2 rings (SSSR count). The topological polar surface area (TPSA) is 33.0 Å². The molecule has 0 bridgehead atoms. The molecule has 20 heavy (non-hydrogen) atoms. The van der Waals surface area contributed by atoms with Crippen molar-refractivity contribution in [2.75, 3.05) is 7.11 Å². The first-order chi connectivity index (χ1) is 9.63. The van der Waals surface area contributed by atoms with Crippen molar-refractivity contribution < 1.29 is 13.5 Å². The largest absolute Gasteiger partial charge is 0.495 e. The van der Waals surface area contributed by atoms with E-state index in [0.29, 0.717) is 22.0 Å². The number of thioether (sulfide) groups is 1. The number of methoxy groups -OCH3 is 1. The van der Waals surface area contributed by atoms with E-state index in [1.165, 1.54) is 31.0 Å². The zero-order chi connectivity index (χ0) is 14.5. The maximum absolute atomic E-state index is 13.5. The lowest BCUT2D eigenvalue weighted by Crippen LogP contribution is -1.91. The van der Waals surface area contributed by atoms with Crippen LogP contribution < -0.4 is 4.74 Å². The highest BCUT2D eigenvalue weighted by atomic mass is 32.2. The van der Waals surface area contributed by atoms with Crippen molar-refractivity contribution in [3.05, 3.63) is 59.2 Å². The first-order valence-electron chi connectivity index (χ1n) is 5.79. The molecule has 5 heteroatoms. The van der Waals surface area contributed by atoms with Gasteiger partial charge in [-0.15, -0.1) is 11.8 Å². The van der Waals surface area contributed by atoms with Gasteiger partial charge in [-0.1, -0.05) is 6.07 Å². The van der Waals surface area contributed by atoms with Gasteiger partial charge in [-0.2, -0.15) is 5.26 Å². The molecule has 0 saturated heterocycles. The molecule has 0 spiro atoms. The fourth-order valence-corrected chi connectivity index (χ4v) is 2.53. The van der Waals surface area contributed by atoms with E-state index in [1.54, 1.807) is 18.2 Å². The van der Waals surface area contributed by atoms with E-state index >= 15 is 0 Å². The third kappa shape index (κ3) is 3.28. The molecular formula is C15H11F2NOS.